The molecule has 0 saturated carbocycles. The third-order valence-electron chi connectivity index (χ3n) is 13.1. The van der Waals surface area contributed by atoms with Crippen molar-refractivity contribution in [1.82, 2.24) is 4.57 Å². The molecule has 1 aliphatic rings. The molecule has 286 valence electrons. The van der Waals surface area contributed by atoms with Crippen LogP contribution in [0.15, 0.2) is 218 Å². The molecule has 60 heavy (non-hydrogen) atoms. The number of rotatable bonds is 8. The lowest BCUT2D eigenvalue weighted by Crippen LogP contribution is -2.14. The first-order valence-electron chi connectivity index (χ1n) is 21.2. The van der Waals surface area contributed by atoms with Gasteiger partial charge in [0.05, 0.1) is 11.0 Å². The Hall–Kier alpha value is -7.22. The molecular weight excluding hydrogens is 723 g/mol. The number of benzene rings is 9. The van der Waals surface area contributed by atoms with E-state index < -0.39 is 0 Å². The summed E-state index contributed by atoms with van der Waals surface area (Å²) < 4.78 is 2.45. The summed E-state index contributed by atoms with van der Waals surface area (Å²) in [4.78, 5) is 0. The molecule has 0 N–H and O–H groups in total. The summed E-state index contributed by atoms with van der Waals surface area (Å²) in [7, 11) is 0. The van der Waals surface area contributed by atoms with Crippen LogP contribution in [-0.4, -0.2) is 4.57 Å². The average Bonchev–Trinajstić information content (AvgIpc) is 3.76. The lowest BCUT2D eigenvalue weighted by Gasteiger charge is -2.21. The number of para-hydroxylation sites is 1. The van der Waals surface area contributed by atoms with Gasteiger partial charge < -0.3 is 4.57 Å². The lowest BCUT2D eigenvalue weighted by molar-refractivity contribution is 0.661. The SMILES string of the molecule is CC1(C)c2ccccc2-c2cc3c4ccccc4n(-c4ccc(-c5ccc(CC(c6ccc(-c7ccccc7)cc6)c6ccc(-c7ccccc7)cc6)cc5)cc4)c3cc21. The number of hydrogen-bond acceptors (Lipinski definition) is 0. The zero-order chi connectivity index (χ0) is 40.2. The van der Waals surface area contributed by atoms with Gasteiger partial charge in [-0.05, 0) is 109 Å². The van der Waals surface area contributed by atoms with Gasteiger partial charge in [-0.1, -0.05) is 202 Å². The van der Waals surface area contributed by atoms with Gasteiger partial charge in [-0.15, -0.1) is 0 Å². The summed E-state index contributed by atoms with van der Waals surface area (Å²) in [6.07, 6.45) is 0.911. The molecule has 11 rings (SSSR count). The van der Waals surface area contributed by atoms with Gasteiger partial charge in [-0.2, -0.15) is 0 Å². The fraction of sp³-hybridized carbons (Fsp3) is 0.0847. The van der Waals surface area contributed by atoms with E-state index in [4.69, 9.17) is 0 Å². The van der Waals surface area contributed by atoms with Crippen LogP contribution in [-0.2, 0) is 11.8 Å². The van der Waals surface area contributed by atoms with Gasteiger partial charge in [0.15, 0.2) is 0 Å². The van der Waals surface area contributed by atoms with Crippen molar-refractivity contribution < 1.29 is 0 Å². The first-order valence-corrected chi connectivity index (χ1v) is 21.2. The Bertz CT molecular complexity index is 3050. The molecule has 0 radical (unpaired) electrons. The predicted octanol–water partition coefficient (Wildman–Crippen LogP) is 15.5. The first kappa shape index (κ1) is 35.9. The summed E-state index contributed by atoms with van der Waals surface area (Å²) in [5.74, 6) is 0.219. The van der Waals surface area contributed by atoms with Gasteiger partial charge >= 0.3 is 0 Å². The van der Waals surface area contributed by atoms with Gasteiger partial charge in [-0.3, -0.25) is 0 Å². The van der Waals surface area contributed by atoms with Gasteiger partial charge in [0.2, 0.25) is 0 Å². The Morgan fingerprint density at radius 3 is 1.47 bits per heavy atom. The van der Waals surface area contributed by atoms with Crippen LogP contribution < -0.4 is 0 Å². The molecule has 0 fully saturated rings. The molecule has 1 aromatic heterocycles. The maximum absolute atomic E-state index is 2.46. The molecule has 1 nitrogen and oxygen atoms in total. The maximum atomic E-state index is 2.46. The Balaban J connectivity index is 0.901. The molecule has 0 amide bonds. The van der Waals surface area contributed by atoms with Gasteiger partial charge in [0.25, 0.3) is 0 Å². The number of fused-ring (bicyclic) bond motifs is 6. The molecule has 1 aliphatic carbocycles. The van der Waals surface area contributed by atoms with E-state index in [2.05, 4.69) is 237 Å². The van der Waals surface area contributed by atoms with Crippen LogP contribution in [0.5, 0.6) is 0 Å². The molecular formula is C59H45N. The summed E-state index contributed by atoms with van der Waals surface area (Å²) in [5.41, 5.74) is 20.5. The highest BCUT2D eigenvalue weighted by Crippen LogP contribution is 2.51. The minimum Gasteiger partial charge on any atom is -0.309 e. The molecule has 0 aliphatic heterocycles. The van der Waals surface area contributed by atoms with E-state index in [0.717, 1.165) is 6.42 Å². The van der Waals surface area contributed by atoms with Gasteiger partial charge in [0, 0.05) is 27.8 Å². The normalized spacial score (nSPS) is 12.8. The van der Waals surface area contributed by atoms with Crippen LogP contribution in [0.1, 0.15) is 47.6 Å². The second-order valence-electron chi connectivity index (χ2n) is 16.9. The Morgan fingerprint density at radius 2 is 0.867 bits per heavy atom. The summed E-state index contributed by atoms with van der Waals surface area (Å²) in [6, 6.07) is 80.7. The van der Waals surface area contributed by atoms with Crippen molar-refractivity contribution >= 4 is 21.8 Å². The van der Waals surface area contributed by atoms with E-state index in [1.807, 2.05) is 0 Å². The van der Waals surface area contributed by atoms with Crippen molar-refractivity contribution in [2.45, 2.75) is 31.6 Å². The second-order valence-corrected chi connectivity index (χ2v) is 16.9. The summed E-state index contributed by atoms with van der Waals surface area (Å²) in [6.45, 7) is 4.73. The molecule has 10 aromatic rings. The fourth-order valence-electron chi connectivity index (χ4n) is 9.82. The smallest absolute Gasteiger partial charge is 0.0544 e. The van der Waals surface area contributed by atoms with Crippen LogP contribution in [0.4, 0.5) is 0 Å². The van der Waals surface area contributed by atoms with Gasteiger partial charge in [-0.25, -0.2) is 0 Å². The third-order valence-corrected chi connectivity index (χ3v) is 13.1. The number of nitrogens with zero attached hydrogens (tertiary/aromatic N) is 1. The largest absolute Gasteiger partial charge is 0.309 e. The Morgan fingerprint density at radius 1 is 0.383 bits per heavy atom. The number of aromatic nitrogens is 1. The molecule has 0 unspecified atom stereocenters. The minimum absolute atomic E-state index is 0.0581. The second kappa shape index (κ2) is 14.6. The fourth-order valence-corrected chi connectivity index (χ4v) is 9.82. The molecule has 0 bridgehead atoms. The number of hydrogen-bond donors (Lipinski definition) is 0. The molecule has 0 saturated heterocycles. The molecule has 1 heterocycles. The van der Waals surface area contributed by atoms with Crippen molar-refractivity contribution in [3.05, 3.63) is 246 Å². The molecule has 0 atom stereocenters. The molecule has 9 aromatic carbocycles. The topological polar surface area (TPSA) is 4.93 Å². The van der Waals surface area contributed by atoms with Crippen molar-refractivity contribution in [2.24, 2.45) is 0 Å². The minimum atomic E-state index is -0.0581. The third kappa shape index (κ3) is 6.17. The van der Waals surface area contributed by atoms with Crippen LogP contribution in [0, 0.1) is 0 Å². The lowest BCUT2D eigenvalue weighted by atomic mass is 9.82. The highest BCUT2D eigenvalue weighted by molar-refractivity contribution is 6.11. The van der Waals surface area contributed by atoms with Crippen molar-refractivity contribution in [2.75, 3.05) is 0 Å². The van der Waals surface area contributed by atoms with Crippen molar-refractivity contribution in [3.63, 3.8) is 0 Å². The highest BCUT2D eigenvalue weighted by Gasteiger charge is 2.36. The summed E-state index contributed by atoms with van der Waals surface area (Å²) in [5, 5.41) is 2.59. The van der Waals surface area contributed by atoms with E-state index >= 15 is 0 Å². The Kier molecular flexibility index (Phi) is 8.71. The van der Waals surface area contributed by atoms with E-state index in [1.54, 1.807) is 0 Å². The maximum Gasteiger partial charge on any atom is 0.0544 e. The molecule has 1 heteroatoms. The van der Waals surface area contributed by atoms with Crippen LogP contribution in [0.2, 0.25) is 0 Å². The van der Waals surface area contributed by atoms with Crippen LogP contribution in [0.25, 0.3) is 72.0 Å². The Labute approximate surface area is 352 Å². The standard InChI is InChI=1S/C59H45N/c1-59(2)55-19-11-9-17-50(55)53-38-54-51-18-10-12-20-57(51)60(58(54)39-56(53)59)49-35-33-46(34-36-49)43-23-21-40(22-24-43)37-52(47-29-25-44(26-30-47)41-13-5-3-6-14-41)48-31-27-45(28-32-48)42-15-7-4-8-16-42/h3-36,38-39,52H,37H2,1-2H3. The first-order chi connectivity index (χ1) is 29.5. The van der Waals surface area contributed by atoms with E-state index in [0.29, 0.717) is 0 Å². The average molecular weight is 768 g/mol. The highest BCUT2D eigenvalue weighted by atomic mass is 15.0. The van der Waals surface area contributed by atoms with Crippen LogP contribution in [0.3, 0.4) is 0 Å². The summed E-state index contributed by atoms with van der Waals surface area (Å²) >= 11 is 0. The zero-order valence-corrected chi connectivity index (χ0v) is 34.0. The quantitative estimate of drug-likeness (QED) is 0.145. The van der Waals surface area contributed by atoms with E-state index in [1.165, 1.54) is 99.8 Å². The zero-order valence-electron chi connectivity index (χ0n) is 34.0. The van der Waals surface area contributed by atoms with Gasteiger partial charge in [0.1, 0.15) is 0 Å². The van der Waals surface area contributed by atoms with Crippen molar-refractivity contribution in [3.8, 4) is 50.2 Å². The molecule has 0 spiro atoms. The van der Waals surface area contributed by atoms with E-state index in [-0.39, 0.29) is 11.3 Å². The van der Waals surface area contributed by atoms with Crippen molar-refractivity contribution in [1.29, 1.82) is 0 Å². The van der Waals surface area contributed by atoms with Crippen LogP contribution >= 0.6 is 0 Å². The monoisotopic (exact) mass is 767 g/mol. The predicted molar refractivity (Wildman–Crippen MR) is 253 cm³/mol. The van der Waals surface area contributed by atoms with E-state index in [9.17, 15) is 0 Å².